The van der Waals surface area contributed by atoms with Crippen LogP contribution in [0.5, 0.6) is 0 Å². The van der Waals surface area contributed by atoms with Crippen LogP contribution < -0.4 is 0 Å². The lowest BCUT2D eigenvalue weighted by Crippen LogP contribution is -2.53. The molecule has 0 saturated carbocycles. The Kier molecular flexibility index (Phi) is 2.80. The molecule has 66 valence electrons. The lowest BCUT2D eigenvalue weighted by Gasteiger charge is -2.34. The first-order valence-electron chi connectivity index (χ1n) is 3.43. The average Bonchev–Trinajstić information content (AvgIpc) is 2.01. The molecule has 1 fully saturated rings. The summed E-state index contributed by atoms with van der Waals surface area (Å²) >= 11 is 0. The van der Waals surface area contributed by atoms with Crippen LogP contribution in [-0.2, 0) is 4.74 Å². The Morgan fingerprint density at radius 2 is 1.82 bits per heavy atom. The smallest absolute Gasteiger partial charge is 0.111 e. The van der Waals surface area contributed by atoms with Gasteiger partial charge in [0.2, 0.25) is 0 Å². The third kappa shape index (κ3) is 1.69. The first-order valence-corrected chi connectivity index (χ1v) is 3.43. The van der Waals surface area contributed by atoms with Gasteiger partial charge in [0, 0.05) is 0 Å². The van der Waals surface area contributed by atoms with Gasteiger partial charge < -0.3 is 25.2 Å². The lowest BCUT2D eigenvalue weighted by atomic mass is 11.0. The molecule has 0 bridgehead atoms. The van der Waals surface area contributed by atoms with Gasteiger partial charge in [0.05, 0.1) is 13.2 Å². The van der Waals surface area contributed by atoms with E-state index >= 15 is 0 Å². The minimum absolute atomic E-state index is 0.0521. The van der Waals surface area contributed by atoms with Gasteiger partial charge >= 0.3 is 0 Å². The molecule has 1 rings (SSSR count). The third-order valence-corrected chi connectivity index (χ3v) is 1.79. The van der Waals surface area contributed by atoms with Crippen molar-refractivity contribution in [2.45, 2.75) is 24.4 Å². The minimum Gasteiger partial charge on any atom is -0.394 e. The van der Waals surface area contributed by atoms with Gasteiger partial charge in [0.15, 0.2) is 0 Å². The fourth-order valence-electron chi connectivity index (χ4n) is 1.03. The van der Waals surface area contributed by atoms with E-state index < -0.39 is 24.4 Å². The van der Waals surface area contributed by atoms with E-state index in [0.29, 0.717) is 0 Å². The largest absolute Gasteiger partial charge is 0.394 e. The van der Waals surface area contributed by atoms with Crippen molar-refractivity contribution in [3.8, 4) is 0 Å². The zero-order valence-corrected chi connectivity index (χ0v) is 5.92. The maximum Gasteiger partial charge on any atom is 0.111 e. The standard InChI is InChI=1S/C6H12O5/c7-1-4-6(10)5(9)3(8)2-11-4/h3-10H,1-2H2/t3-,4+,5+,6+/m0/s1/i1+1,2+1,3+1,4+1,5+1,6+1. The van der Waals surface area contributed by atoms with Crippen molar-refractivity contribution in [2.24, 2.45) is 0 Å². The van der Waals surface area contributed by atoms with Crippen LogP contribution in [0.15, 0.2) is 0 Å². The second-order valence-electron chi connectivity index (χ2n) is 2.60. The monoisotopic (exact) mass is 170 g/mol. The molecular formula is C6H12O5. The Balaban J connectivity index is 2.52. The summed E-state index contributed by atoms with van der Waals surface area (Å²) in [6.07, 6.45) is -4.27. The van der Waals surface area contributed by atoms with Crippen LogP contribution in [0, 0.1) is 0 Å². The van der Waals surface area contributed by atoms with Gasteiger partial charge in [-0.05, 0) is 0 Å². The van der Waals surface area contributed by atoms with E-state index in [4.69, 9.17) is 25.2 Å². The maximum atomic E-state index is 9.11. The van der Waals surface area contributed by atoms with Gasteiger partial charge in [-0.2, -0.15) is 0 Å². The van der Waals surface area contributed by atoms with Crippen LogP contribution in [0.25, 0.3) is 0 Å². The van der Waals surface area contributed by atoms with Crippen LogP contribution in [0.1, 0.15) is 0 Å². The highest BCUT2D eigenvalue weighted by Gasteiger charge is 2.36. The van der Waals surface area contributed by atoms with Crippen molar-refractivity contribution in [2.75, 3.05) is 13.2 Å². The number of aliphatic hydroxyl groups is 4. The fraction of sp³-hybridized carbons (Fsp3) is 1.00. The van der Waals surface area contributed by atoms with E-state index in [0.717, 1.165) is 0 Å². The molecule has 0 aliphatic carbocycles. The van der Waals surface area contributed by atoms with Crippen molar-refractivity contribution in [1.82, 2.24) is 0 Å². The summed E-state index contributed by atoms with van der Waals surface area (Å²) in [6.45, 7) is -0.408. The molecule has 1 aliphatic heterocycles. The first-order chi connectivity index (χ1) is 5.16. The molecular weight excluding hydrogens is 158 g/mol. The molecule has 0 amide bonds. The number of aliphatic hydroxyl groups excluding tert-OH is 4. The molecule has 1 aliphatic rings. The molecule has 0 radical (unpaired) electrons. The van der Waals surface area contributed by atoms with E-state index in [2.05, 4.69) is 0 Å². The molecule has 5 nitrogen and oxygen atoms in total. The van der Waals surface area contributed by atoms with E-state index in [9.17, 15) is 0 Å². The summed E-state index contributed by atoms with van der Waals surface area (Å²) in [5.74, 6) is 0. The topological polar surface area (TPSA) is 90.2 Å². The van der Waals surface area contributed by atoms with Crippen molar-refractivity contribution < 1.29 is 25.2 Å². The predicted octanol–water partition coefficient (Wildman–Crippen LogP) is -2.54. The van der Waals surface area contributed by atoms with Crippen molar-refractivity contribution in [3.05, 3.63) is 0 Å². The van der Waals surface area contributed by atoms with Gasteiger partial charge in [-0.15, -0.1) is 0 Å². The normalized spacial score (nSPS) is 45.8. The summed E-state index contributed by atoms with van der Waals surface area (Å²) in [5.41, 5.74) is 0. The highest BCUT2D eigenvalue weighted by molar-refractivity contribution is 4.85. The summed E-state index contributed by atoms with van der Waals surface area (Å²) in [7, 11) is 0. The molecule has 11 heavy (non-hydrogen) atoms. The van der Waals surface area contributed by atoms with Gasteiger partial charge in [-0.3, -0.25) is 0 Å². The van der Waals surface area contributed by atoms with E-state index in [1.165, 1.54) is 0 Å². The molecule has 0 aromatic heterocycles. The van der Waals surface area contributed by atoms with Crippen LogP contribution in [0.3, 0.4) is 0 Å². The number of ether oxygens (including phenoxy) is 1. The summed E-state index contributed by atoms with van der Waals surface area (Å²) in [6, 6.07) is 0. The predicted molar refractivity (Wildman–Crippen MR) is 34.8 cm³/mol. The van der Waals surface area contributed by atoms with E-state index in [1.807, 2.05) is 0 Å². The Morgan fingerprint density at radius 3 is 2.36 bits per heavy atom. The Morgan fingerprint density at radius 1 is 1.18 bits per heavy atom. The SMILES string of the molecule is O[13CH2][13C@H]1O[13CH2][13C@H](O)[13C@@H](O)[13C@@H]1O. The van der Waals surface area contributed by atoms with Gasteiger partial charge in [-0.1, -0.05) is 0 Å². The highest BCUT2D eigenvalue weighted by Crippen LogP contribution is 2.14. The van der Waals surface area contributed by atoms with Crippen molar-refractivity contribution in [3.63, 3.8) is 0 Å². The van der Waals surface area contributed by atoms with Gasteiger partial charge in [0.25, 0.3) is 0 Å². The third-order valence-electron chi connectivity index (χ3n) is 1.79. The second kappa shape index (κ2) is 3.46. The number of hydrogen-bond acceptors (Lipinski definition) is 5. The molecule has 5 heteroatoms. The second-order valence-corrected chi connectivity index (χ2v) is 2.60. The Bertz CT molecular complexity index is 126. The molecule has 1 saturated heterocycles. The molecule has 4 atom stereocenters. The molecule has 0 unspecified atom stereocenters. The fourth-order valence-corrected chi connectivity index (χ4v) is 1.03. The highest BCUT2D eigenvalue weighted by atomic mass is 16.7. The van der Waals surface area contributed by atoms with Gasteiger partial charge in [-0.25, -0.2) is 0 Å². The number of rotatable bonds is 1. The lowest BCUT2D eigenvalue weighted by molar-refractivity contribution is -0.195. The summed E-state index contributed by atoms with van der Waals surface area (Å²) in [4.78, 5) is 0. The molecule has 1 heterocycles. The first kappa shape index (κ1) is 8.89. The Labute approximate surface area is 63.8 Å². The average molecular weight is 170 g/mol. The molecule has 4 N–H and O–H groups in total. The van der Waals surface area contributed by atoms with Crippen LogP contribution in [0.4, 0.5) is 0 Å². The summed E-state index contributed by atoms with van der Waals surface area (Å²) in [5, 5.41) is 35.7. The van der Waals surface area contributed by atoms with Crippen LogP contribution in [0.2, 0.25) is 0 Å². The van der Waals surface area contributed by atoms with E-state index in [-0.39, 0.29) is 13.2 Å². The zero-order valence-electron chi connectivity index (χ0n) is 5.92. The van der Waals surface area contributed by atoms with E-state index in [1.54, 1.807) is 0 Å². The molecule has 0 spiro atoms. The van der Waals surface area contributed by atoms with Crippen molar-refractivity contribution in [1.29, 1.82) is 0 Å². The van der Waals surface area contributed by atoms with Crippen LogP contribution in [-0.4, -0.2) is 58.1 Å². The maximum absolute atomic E-state index is 9.11. The summed E-state index contributed by atoms with van der Waals surface area (Å²) < 4.78 is 4.81. The molecule has 0 aromatic rings. The quantitative estimate of drug-likeness (QED) is 0.325. The zero-order chi connectivity index (χ0) is 8.43. The molecule has 0 aromatic carbocycles. The minimum atomic E-state index is -1.22. The van der Waals surface area contributed by atoms with Crippen LogP contribution >= 0.6 is 0 Å². The van der Waals surface area contributed by atoms with Crippen molar-refractivity contribution >= 4 is 0 Å². The number of hydrogen-bond donors (Lipinski definition) is 4. The Hall–Kier alpha value is -0.200. The van der Waals surface area contributed by atoms with Gasteiger partial charge in [0.1, 0.15) is 24.4 Å².